The number of aliphatic hydroxyl groups is 1. The molecular weight excluding hydrogens is 238 g/mol. The van der Waals surface area contributed by atoms with Crippen molar-refractivity contribution in [2.24, 2.45) is 0 Å². The highest BCUT2D eigenvalue weighted by atomic mass is 16.3. The lowest BCUT2D eigenvalue weighted by Gasteiger charge is -2.39. The van der Waals surface area contributed by atoms with Gasteiger partial charge in [0.2, 0.25) is 0 Å². The molecule has 4 nitrogen and oxygen atoms in total. The van der Waals surface area contributed by atoms with E-state index in [0.717, 1.165) is 43.5 Å². The topological polar surface area (TPSA) is 39.6 Å². The summed E-state index contributed by atoms with van der Waals surface area (Å²) >= 11 is 0. The average Bonchev–Trinajstić information content (AvgIpc) is 3.02. The van der Waals surface area contributed by atoms with E-state index in [4.69, 9.17) is 0 Å². The number of aliphatic hydroxyl groups excluding tert-OH is 1. The van der Waals surface area contributed by atoms with Crippen LogP contribution in [0.3, 0.4) is 0 Å². The molecule has 0 bridgehead atoms. The lowest BCUT2D eigenvalue weighted by atomic mass is 10.1. The van der Waals surface area contributed by atoms with Crippen molar-refractivity contribution in [3.8, 4) is 0 Å². The summed E-state index contributed by atoms with van der Waals surface area (Å²) in [6.07, 6.45) is 9.18. The molecule has 3 rings (SSSR count). The van der Waals surface area contributed by atoms with Crippen molar-refractivity contribution in [2.75, 3.05) is 31.1 Å². The van der Waals surface area contributed by atoms with E-state index in [9.17, 15) is 5.11 Å². The Hall–Kier alpha value is -1.13. The van der Waals surface area contributed by atoms with Crippen molar-refractivity contribution in [1.29, 1.82) is 0 Å². The molecule has 0 amide bonds. The van der Waals surface area contributed by atoms with Gasteiger partial charge in [0.15, 0.2) is 0 Å². The Morgan fingerprint density at radius 1 is 1.16 bits per heavy atom. The van der Waals surface area contributed by atoms with Gasteiger partial charge in [-0.1, -0.05) is 12.8 Å². The third kappa shape index (κ3) is 2.74. The van der Waals surface area contributed by atoms with E-state index < -0.39 is 0 Å². The molecule has 0 unspecified atom stereocenters. The molecule has 2 heterocycles. The largest absolute Gasteiger partial charge is 0.392 e. The van der Waals surface area contributed by atoms with Gasteiger partial charge in [0.25, 0.3) is 0 Å². The molecule has 2 fully saturated rings. The van der Waals surface area contributed by atoms with Gasteiger partial charge in [-0.05, 0) is 18.9 Å². The second kappa shape index (κ2) is 5.88. The predicted molar refractivity (Wildman–Crippen MR) is 76.2 cm³/mol. The van der Waals surface area contributed by atoms with E-state index in [0.29, 0.717) is 0 Å². The molecule has 1 saturated heterocycles. The average molecular weight is 261 g/mol. The van der Waals surface area contributed by atoms with Gasteiger partial charge < -0.3 is 10.0 Å². The molecule has 1 aromatic heterocycles. The highest BCUT2D eigenvalue weighted by Crippen LogP contribution is 2.26. The van der Waals surface area contributed by atoms with Gasteiger partial charge >= 0.3 is 0 Å². The zero-order chi connectivity index (χ0) is 13.1. The fourth-order valence-electron chi connectivity index (χ4n) is 3.45. The molecule has 0 spiro atoms. The third-order valence-electron chi connectivity index (χ3n) is 4.54. The van der Waals surface area contributed by atoms with Gasteiger partial charge in [-0.15, -0.1) is 0 Å². The van der Waals surface area contributed by atoms with Crippen LogP contribution >= 0.6 is 0 Å². The van der Waals surface area contributed by atoms with Crippen LogP contribution in [0.4, 0.5) is 5.69 Å². The number of rotatable bonds is 3. The van der Waals surface area contributed by atoms with Crippen LogP contribution in [0.1, 0.15) is 31.2 Å². The summed E-state index contributed by atoms with van der Waals surface area (Å²) in [7, 11) is 0. The molecule has 104 valence electrons. The van der Waals surface area contributed by atoms with Crippen molar-refractivity contribution < 1.29 is 5.11 Å². The van der Waals surface area contributed by atoms with E-state index in [1.54, 1.807) is 6.20 Å². The summed E-state index contributed by atoms with van der Waals surface area (Å²) in [6.45, 7) is 4.50. The minimum atomic E-state index is 0.0754. The standard InChI is InChI=1S/C15H23N3O/c19-12-13-11-16-6-5-15(13)18-9-7-17(8-10-18)14-3-1-2-4-14/h5-6,11,14,19H,1-4,7-10,12H2. The Morgan fingerprint density at radius 3 is 2.58 bits per heavy atom. The van der Waals surface area contributed by atoms with Gasteiger partial charge in [-0.3, -0.25) is 9.88 Å². The fourth-order valence-corrected chi connectivity index (χ4v) is 3.45. The molecule has 19 heavy (non-hydrogen) atoms. The van der Waals surface area contributed by atoms with Crippen molar-refractivity contribution in [3.63, 3.8) is 0 Å². The molecule has 2 aliphatic rings. The number of pyridine rings is 1. The summed E-state index contributed by atoms with van der Waals surface area (Å²) in [4.78, 5) is 9.14. The molecule has 1 aromatic rings. The number of hydrogen-bond donors (Lipinski definition) is 1. The van der Waals surface area contributed by atoms with Crippen LogP contribution in [0.2, 0.25) is 0 Å². The van der Waals surface area contributed by atoms with Crippen molar-refractivity contribution >= 4 is 5.69 Å². The van der Waals surface area contributed by atoms with Crippen LogP contribution in [0.5, 0.6) is 0 Å². The zero-order valence-electron chi connectivity index (χ0n) is 11.5. The van der Waals surface area contributed by atoms with E-state index in [1.165, 1.54) is 25.7 Å². The maximum atomic E-state index is 9.40. The van der Waals surface area contributed by atoms with Crippen LogP contribution in [-0.2, 0) is 6.61 Å². The summed E-state index contributed by atoms with van der Waals surface area (Å²) in [5.74, 6) is 0. The van der Waals surface area contributed by atoms with Crippen LogP contribution in [0, 0.1) is 0 Å². The van der Waals surface area contributed by atoms with Gasteiger partial charge in [0.1, 0.15) is 0 Å². The first-order valence-electron chi connectivity index (χ1n) is 7.41. The van der Waals surface area contributed by atoms with Gasteiger partial charge in [-0.25, -0.2) is 0 Å². The Morgan fingerprint density at radius 2 is 1.89 bits per heavy atom. The Bertz CT molecular complexity index is 410. The number of piperazine rings is 1. The minimum Gasteiger partial charge on any atom is -0.392 e. The molecule has 1 aliphatic carbocycles. The van der Waals surface area contributed by atoms with Crippen LogP contribution < -0.4 is 4.90 Å². The molecule has 0 aromatic carbocycles. The second-order valence-electron chi connectivity index (χ2n) is 5.62. The number of nitrogens with zero attached hydrogens (tertiary/aromatic N) is 3. The van der Waals surface area contributed by atoms with Crippen molar-refractivity contribution in [3.05, 3.63) is 24.0 Å². The number of hydrogen-bond acceptors (Lipinski definition) is 4. The SMILES string of the molecule is OCc1cnccc1N1CCN(C2CCCC2)CC1. The van der Waals surface area contributed by atoms with E-state index in [-0.39, 0.29) is 6.61 Å². The number of anilines is 1. The maximum Gasteiger partial charge on any atom is 0.0717 e. The van der Waals surface area contributed by atoms with Gasteiger partial charge in [0.05, 0.1) is 6.61 Å². The van der Waals surface area contributed by atoms with E-state index in [1.807, 2.05) is 12.3 Å². The Balaban J connectivity index is 1.63. The second-order valence-corrected chi connectivity index (χ2v) is 5.62. The fraction of sp³-hybridized carbons (Fsp3) is 0.667. The summed E-state index contributed by atoms with van der Waals surface area (Å²) < 4.78 is 0. The zero-order valence-corrected chi connectivity index (χ0v) is 11.5. The van der Waals surface area contributed by atoms with E-state index in [2.05, 4.69) is 14.8 Å². The Kier molecular flexibility index (Phi) is 3.99. The predicted octanol–water partition coefficient (Wildman–Crippen LogP) is 1.64. The van der Waals surface area contributed by atoms with Crippen molar-refractivity contribution in [1.82, 2.24) is 9.88 Å². The highest BCUT2D eigenvalue weighted by molar-refractivity contribution is 5.52. The normalized spacial score (nSPS) is 22.1. The smallest absolute Gasteiger partial charge is 0.0717 e. The Labute approximate surface area is 115 Å². The first-order chi connectivity index (χ1) is 9.38. The number of aromatic nitrogens is 1. The molecule has 0 radical (unpaired) electrons. The summed E-state index contributed by atoms with van der Waals surface area (Å²) in [5.41, 5.74) is 2.10. The molecule has 1 aliphatic heterocycles. The first kappa shape index (κ1) is 12.9. The van der Waals surface area contributed by atoms with Gasteiger partial charge in [0, 0.05) is 55.9 Å². The molecule has 4 heteroatoms. The lowest BCUT2D eigenvalue weighted by Crippen LogP contribution is -2.50. The van der Waals surface area contributed by atoms with E-state index >= 15 is 0 Å². The van der Waals surface area contributed by atoms with Crippen molar-refractivity contribution in [2.45, 2.75) is 38.3 Å². The maximum absolute atomic E-state index is 9.40. The van der Waals surface area contributed by atoms with Gasteiger partial charge in [-0.2, -0.15) is 0 Å². The summed E-state index contributed by atoms with van der Waals surface area (Å²) in [6, 6.07) is 2.86. The minimum absolute atomic E-state index is 0.0754. The third-order valence-corrected chi connectivity index (χ3v) is 4.54. The molecular formula is C15H23N3O. The molecule has 0 atom stereocenters. The highest BCUT2D eigenvalue weighted by Gasteiger charge is 2.26. The molecule has 1 N–H and O–H groups in total. The monoisotopic (exact) mass is 261 g/mol. The lowest BCUT2D eigenvalue weighted by molar-refractivity contribution is 0.187. The van der Waals surface area contributed by atoms with Crippen LogP contribution in [0.25, 0.3) is 0 Å². The first-order valence-corrected chi connectivity index (χ1v) is 7.41. The molecule has 1 saturated carbocycles. The summed E-state index contributed by atoms with van der Waals surface area (Å²) in [5, 5.41) is 9.40. The van der Waals surface area contributed by atoms with Crippen LogP contribution in [0.15, 0.2) is 18.5 Å². The van der Waals surface area contributed by atoms with Crippen LogP contribution in [-0.4, -0.2) is 47.2 Å². The quantitative estimate of drug-likeness (QED) is 0.898.